The van der Waals surface area contributed by atoms with Gasteiger partial charge in [0, 0.05) is 17.5 Å². The summed E-state index contributed by atoms with van der Waals surface area (Å²) in [5.74, 6) is 0.827. The van der Waals surface area contributed by atoms with Crippen LogP contribution in [0.15, 0.2) is 0 Å². The van der Waals surface area contributed by atoms with Crippen molar-refractivity contribution in [1.82, 2.24) is 4.90 Å². The fourth-order valence-corrected chi connectivity index (χ4v) is 4.04. The molecule has 0 aromatic heterocycles. The molecule has 1 aliphatic heterocycles. The van der Waals surface area contributed by atoms with Gasteiger partial charge in [-0.2, -0.15) is 0 Å². The molecule has 0 aromatic carbocycles. The van der Waals surface area contributed by atoms with Gasteiger partial charge < -0.3 is 9.64 Å². The molecule has 2 fully saturated rings. The van der Waals surface area contributed by atoms with Crippen molar-refractivity contribution in [3.05, 3.63) is 0 Å². The first-order valence-corrected chi connectivity index (χ1v) is 7.93. The van der Waals surface area contributed by atoms with Crippen LogP contribution in [0, 0.1) is 11.3 Å². The van der Waals surface area contributed by atoms with Gasteiger partial charge in [0.25, 0.3) is 0 Å². The third-order valence-corrected chi connectivity index (χ3v) is 4.87. The highest BCUT2D eigenvalue weighted by molar-refractivity contribution is 14.1. The minimum absolute atomic E-state index is 0.129. The number of halogens is 1. The van der Waals surface area contributed by atoms with E-state index in [4.69, 9.17) is 4.74 Å². The van der Waals surface area contributed by atoms with E-state index in [-0.39, 0.29) is 11.7 Å². The van der Waals surface area contributed by atoms with Gasteiger partial charge in [0.15, 0.2) is 0 Å². The Bertz CT molecular complexity index is 313. The number of carbonyl (C=O) groups is 1. The van der Waals surface area contributed by atoms with Crippen LogP contribution >= 0.6 is 22.6 Å². The monoisotopic (exact) mass is 351 g/mol. The second kappa shape index (κ2) is 4.59. The molecular weight excluding hydrogens is 329 g/mol. The van der Waals surface area contributed by atoms with Gasteiger partial charge in [-0.1, -0.05) is 22.6 Å². The molecule has 2 atom stereocenters. The summed E-state index contributed by atoms with van der Waals surface area (Å²) in [6.45, 7) is 7.56. The molecule has 1 saturated heterocycles. The maximum Gasteiger partial charge on any atom is 0.410 e. The van der Waals surface area contributed by atoms with Crippen LogP contribution in [0.4, 0.5) is 4.79 Å². The first-order valence-electron chi connectivity index (χ1n) is 6.40. The minimum atomic E-state index is -0.381. The predicted molar refractivity (Wildman–Crippen MR) is 76.5 cm³/mol. The average Bonchev–Trinajstić information content (AvgIpc) is 2.88. The van der Waals surface area contributed by atoms with Gasteiger partial charge in [-0.25, -0.2) is 4.79 Å². The summed E-state index contributed by atoms with van der Waals surface area (Å²) in [5, 5.41) is 0. The maximum atomic E-state index is 12.0. The molecule has 1 heterocycles. The van der Waals surface area contributed by atoms with Gasteiger partial charge in [0.05, 0.1) is 0 Å². The number of nitrogens with zero attached hydrogens (tertiary/aromatic N) is 1. The van der Waals surface area contributed by atoms with E-state index in [0.29, 0.717) is 5.41 Å². The Balaban J connectivity index is 1.92. The average molecular weight is 351 g/mol. The van der Waals surface area contributed by atoms with Crippen LogP contribution in [0.1, 0.15) is 40.0 Å². The number of carbonyl (C=O) groups excluding carboxylic acids is 1. The van der Waals surface area contributed by atoms with Crippen LogP contribution in [-0.4, -0.2) is 34.1 Å². The lowest BCUT2D eigenvalue weighted by Gasteiger charge is -2.35. The van der Waals surface area contributed by atoms with E-state index in [0.717, 1.165) is 25.4 Å². The van der Waals surface area contributed by atoms with Crippen molar-refractivity contribution < 1.29 is 9.53 Å². The van der Waals surface area contributed by atoms with Gasteiger partial charge in [-0.05, 0) is 51.4 Å². The second-order valence-corrected chi connectivity index (χ2v) is 7.30. The molecular formula is C13H22INO2. The van der Waals surface area contributed by atoms with Crippen molar-refractivity contribution >= 4 is 28.7 Å². The molecule has 17 heavy (non-hydrogen) atoms. The van der Waals surface area contributed by atoms with Crippen LogP contribution in [0.25, 0.3) is 0 Å². The number of amides is 1. The number of alkyl halides is 1. The number of hydrogen-bond donors (Lipinski definition) is 0. The van der Waals surface area contributed by atoms with Gasteiger partial charge in [0.2, 0.25) is 0 Å². The zero-order valence-corrected chi connectivity index (χ0v) is 13.1. The van der Waals surface area contributed by atoms with Gasteiger partial charge >= 0.3 is 6.09 Å². The van der Waals surface area contributed by atoms with Crippen molar-refractivity contribution in [3.63, 3.8) is 0 Å². The highest BCUT2D eigenvalue weighted by atomic mass is 127. The van der Waals surface area contributed by atoms with Gasteiger partial charge in [0.1, 0.15) is 5.60 Å². The molecule has 0 aromatic rings. The highest BCUT2D eigenvalue weighted by Gasteiger charge is 2.55. The molecule has 98 valence electrons. The van der Waals surface area contributed by atoms with E-state index < -0.39 is 0 Å². The standard InChI is InChI=1S/C13H22INO2/c1-12(2,3)17-11(16)15-6-4-5-13(9-15)7-10(13)8-14/h10H,4-9H2,1-3H3. The summed E-state index contributed by atoms with van der Waals surface area (Å²) < 4.78 is 6.67. The Hall–Kier alpha value is 0. The summed E-state index contributed by atoms with van der Waals surface area (Å²) in [4.78, 5) is 13.9. The normalized spacial score (nSPS) is 32.7. The van der Waals surface area contributed by atoms with E-state index in [1.807, 2.05) is 25.7 Å². The first-order chi connectivity index (χ1) is 7.86. The highest BCUT2D eigenvalue weighted by Crippen LogP contribution is 2.58. The number of likely N-dealkylation sites (tertiary alicyclic amines) is 1. The Labute approximate surface area is 117 Å². The summed E-state index contributed by atoms with van der Waals surface area (Å²) in [5.41, 5.74) is 0.0598. The third-order valence-electron chi connectivity index (χ3n) is 3.81. The SMILES string of the molecule is CC(C)(C)OC(=O)N1CCCC2(CC2CI)C1. The number of hydrogen-bond acceptors (Lipinski definition) is 2. The number of ether oxygens (including phenoxy) is 1. The predicted octanol–water partition coefficient (Wildman–Crippen LogP) is 3.46. The summed E-state index contributed by atoms with van der Waals surface area (Å²) in [6.07, 6.45) is 3.59. The largest absolute Gasteiger partial charge is 0.444 e. The molecule has 0 radical (unpaired) electrons. The Kier molecular flexibility index (Phi) is 3.63. The summed E-state index contributed by atoms with van der Waals surface area (Å²) in [6, 6.07) is 0. The minimum Gasteiger partial charge on any atom is -0.444 e. The van der Waals surface area contributed by atoms with Crippen LogP contribution in [0.2, 0.25) is 0 Å². The van der Waals surface area contributed by atoms with Crippen LogP contribution in [-0.2, 0) is 4.74 Å². The molecule has 1 saturated carbocycles. The van der Waals surface area contributed by atoms with E-state index in [9.17, 15) is 4.79 Å². The van der Waals surface area contributed by atoms with Crippen LogP contribution < -0.4 is 0 Å². The Morgan fingerprint density at radius 3 is 2.76 bits per heavy atom. The lowest BCUT2D eigenvalue weighted by Crippen LogP contribution is -2.44. The number of rotatable bonds is 1. The lowest BCUT2D eigenvalue weighted by molar-refractivity contribution is 0.0139. The molecule has 4 heteroatoms. The zero-order chi connectivity index (χ0) is 12.7. The van der Waals surface area contributed by atoms with E-state index in [1.165, 1.54) is 17.3 Å². The Morgan fingerprint density at radius 1 is 1.53 bits per heavy atom. The van der Waals surface area contributed by atoms with E-state index in [1.54, 1.807) is 0 Å². The molecule has 0 bridgehead atoms. The number of piperidine rings is 1. The molecule has 2 aliphatic rings. The molecule has 2 unspecified atom stereocenters. The van der Waals surface area contributed by atoms with Crippen molar-refractivity contribution in [3.8, 4) is 0 Å². The smallest absolute Gasteiger partial charge is 0.410 e. The molecule has 3 nitrogen and oxygen atoms in total. The fraction of sp³-hybridized carbons (Fsp3) is 0.923. The molecule has 1 amide bonds. The summed E-state index contributed by atoms with van der Waals surface area (Å²) in [7, 11) is 0. The van der Waals surface area contributed by atoms with Crippen LogP contribution in [0.3, 0.4) is 0 Å². The van der Waals surface area contributed by atoms with Crippen molar-refractivity contribution in [1.29, 1.82) is 0 Å². The summed E-state index contributed by atoms with van der Waals surface area (Å²) >= 11 is 2.46. The van der Waals surface area contributed by atoms with Gasteiger partial charge in [-0.15, -0.1) is 0 Å². The first kappa shape index (κ1) is 13.4. The quantitative estimate of drug-likeness (QED) is 0.535. The maximum absolute atomic E-state index is 12.0. The molecule has 2 rings (SSSR count). The van der Waals surface area contributed by atoms with Crippen LogP contribution in [0.5, 0.6) is 0 Å². The lowest BCUT2D eigenvalue weighted by atomic mass is 9.93. The molecule has 0 N–H and O–H groups in total. The molecule has 1 aliphatic carbocycles. The second-order valence-electron chi connectivity index (χ2n) is 6.42. The Morgan fingerprint density at radius 2 is 2.24 bits per heavy atom. The third kappa shape index (κ3) is 3.06. The van der Waals surface area contributed by atoms with Crippen molar-refractivity contribution in [2.45, 2.75) is 45.6 Å². The van der Waals surface area contributed by atoms with E-state index >= 15 is 0 Å². The topological polar surface area (TPSA) is 29.5 Å². The van der Waals surface area contributed by atoms with Crippen molar-refractivity contribution in [2.75, 3.05) is 17.5 Å². The zero-order valence-electron chi connectivity index (χ0n) is 11.0. The van der Waals surface area contributed by atoms with E-state index in [2.05, 4.69) is 22.6 Å². The molecule has 1 spiro atoms. The fourth-order valence-electron chi connectivity index (χ4n) is 2.79. The van der Waals surface area contributed by atoms with Gasteiger partial charge in [-0.3, -0.25) is 0 Å². The van der Waals surface area contributed by atoms with Crippen molar-refractivity contribution in [2.24, 2.45) is 11.3 Å².